The molecule has 5 heteroatoms. The minimum atomic E-state index is -1.17. The van der Waals surface area contributed by atoms with Crippen LogP contribution in [-0.4, -0.2) is 35.9 Å². The highest BCUT2D eigenvalue weighted by molar-refractivity contribution is 5.91. The molecule has 2 unspecified atom stereocenters. The van der Waals surface area contributed by atoms with Crippen molar-refractivity contribution < 1.29 is 24.5 Å². The lowest BCUT2D eigenvalue weighted by atomic mass is 9.68. The Labute approximate surface area is 106 Å². The van der Waals surface area contributed by atoms with E-state index in [4.69, 9.17) is 9.84 Å². The lowest BCUT2D eigenvalue weighted by molar-refractivity contribution is -0.148. The van der Waals surface area contributed by atoms with Gasteiger partial charge in [0.2, 0.25) is 0 Å². The number of carbonyl (C=O) groups is 2. The molecule has 2 N–H and O–H groups in total. The van der Waals surface area contributed by atoms with Crippen LogP contribution in [0.2, 0.25) is 0 Å². The zero-order valence-corrected chi connectivity index (χ0v) is 10.5. The maximum absolute atomic E-state index is 11.4. The van der Waals surface area contributed by atoms with Gasteiger partial charge in [-0.3, -0.25) is 4.79 Å². The number of hydrogen-bond acceptors (Lipinski definition) is 3. The second-order valence-corrected chi connectivity index (χ2v) is 4.56. The number of ether oxygens (including phenoxy) is 1. The molecule has 0 saturated heterocycles. The number of carboxylic acids is 2. The highest BCUT2D eigenvalue weighted by Gasteiger charge is 2.43. The Morgan fingerprint density at radius 3 is 2.61 bits per heavy atom. The minimum Gasteiger partial charge on any atom is -0.481 e. The third-order valence-corrected chi connectivity index (χ3v) is 3.37. The van der Waals surface area contributed by atoms with Gasteiger partial charge in [0.15, 0.2) is 0 Å². The average molecular weight is 254 g/mol. The SMILES string of the molecule is COCCCC1C(C(=O)O)=CC=CC1(C)C(=O)O. The van der Waals surface area contributed by atoms with E-state index >= 15 is 0 Å². The van der Waals surface area contributed by atoms with Gasteiger partial charge in [0.25, 0.3) is 0 Å². The number of rotatable bonds is 6. The van der Waals surface area contributed by atoms with Crippen molar-refractivity contribution in [3.8, 4) is 0 Å². The molecule has 2 atom stereocenters. The molecule has 0 saturated carbocycles. The molecule has 0 heterocycles. The summed E-state index contributed by atoms with van der Waals surface area (Å²) in [5.74, 6) is -2.60. The Balaban J connectivity index is 2.99. The number of aliphatic carboxylic acids is 2. The molecule has 0 aromatic rings. The standard InChI is InChI=1S/C13H18O5/c1-13(12(16)17)7-3-5-9(11(14)15)10(13)6-4-8-18-2/h3,5,7,10H,4,6,8H2,1-2H3,(H,14,15)(H,16,17). The Morgan fingerprint density at radius 1 is 1.44 bits per heavy atom. The summed E-state index contributed by atoms with van der Waals surface area (Å²) in [6, 6.07) is 0. The van der Waals surface area contributed by atoms with Crippen LogP contribution in [0.1, 0.15) is 19.8 Å². The summed E-state index contributed by atoms with van der Waals surface area (Å²) in [6.07, 6.45) is 5.63. The van der Waals surface area contributed by atoms with Gasteiger partial charge in [-0.2, -0.15) is 0 Å². The summed E-state index contributed by atoms with van der Waals surface area (Å²) < 4.78 is 4.92. The Bertz CT molecular complexity index is 396. The molecule has 0 aromatic heterocycles. The van der Waals surface area contributed by atoms with E-state index in [9.17, 15) is 14.7 Å². The van der Waals surface area contributed by atoms with Gasteiger partial charge in [0.1, 0.15) is 0 Å². The Hall–Kier alpha value is -1.62. The average Bonchev–Trinajstić information content (AvgIpc) is 2.30. The van der Waals surface area contributed by atoms with Gasteiger partial charge in [-0.15, -0.1) is 0 Å². The van der Waals surface area contributed by atoms with Crippen molar-refractivity contribution in [1.29, 1.82) is 0 Å². The fourth-order valence-corrected chi connectivity index (χ4v) is 2.23. The number of allylic oxidation sites excluding steroid dienone is 2. The normalized spacial score (nSPS) is 26.8. The first kappa shape index (κ1) is 14.4. The number of hydrogen-bond donors (Lipinski definition) is 2. The fourth-order valence-electron chi connectivity index (χ4n) is 2.23. The van der Waals surface area contributed by atoms with Crippen molar-refractivity contribution in [2.24, 2.45) is 11.3 Å². The van der Waals surface area contributed by atoms with Crippen LogP contribution in [0.5, 0.6) is 0 Å². The molecule has 0 fully saturated rings. The zero-order valence-electron chi connectivity index (χ0n) is 10.5. The summed E-state index contributed by atoms with van der Waals surface area (Å²) in [7, 11) is 1.56. The third-order valence-electron chi connectivity index (χ3n) is 3.37. The van der Waals surface area contributed by atoms with Gasteiger partial charge in [0.05, 0.1) is 5.41 Å². The van der Waals surface area contributed by atoms with Crippen molar-refractivity contribution in [3.05, 3.63) is 23.8 Å². The molecule has 0 bridgehead atoms. The predicted molar refractivity (Wildman–Crippen MR) is 65.2 cm³/mol. The third kappa shape index (κ3) is 2.79. The summed E-state index contributed by atoms with van der Waals surface area (Å²) in [5, 5.41) is 18.5. The lowest BCUT2D eigenvalue weighted by Gasteiger charge is -2.34. The van der Waals surface area contributed by atoms with Crippen LogP contribution >= 0.6 is 0 Å². The van der Waals surface area contributed by atoms with Crippen molar-refractivity contribution in [2.45, 2.75) is 19.8 Å². The van der Waals surface area contributed by atoms with Crippen molar-refractivity contribution in [3.63, 3.8) is 0 Å². The molecule has 5 nitrogen and oxygen atoms in total. The van der Waals surface area contributed by atoms with Crippen LogP contribution in [0.25, 0.3) is 0 Å². The Kier molecular flexibility index (Phi) is 4.67. The first-order chi connectivity index (χ1) is 8.43. The van der Waals surface area contributed by atoms with E-state index in [1.165, 1.54) is 12.2 Å². The molecular formula is C13H18O5. The van der Waals surface area contributed by atoms with Crippen LogP contribution < -0.4 is 0 Å². The van der Waals surface area contributed by atoms with Gasteiger partial charge in [-0.05, 0) is 19.8 Å². The smallest absolute Gasteiger partial charge is 0.331 e. The molecular weight excluding hydrogens is 236 g/mol. The van der Waals surface area contributed by atoms with E-state index in [2.05, 4.69) is 0 Å². The minimum absolute atomic E-state index is 0.151. The second-order valence-electron chi connectivity index (χ2n) is 4.56. The Morgan fingerprint density at radius 2 is 2.11 bits per heavy atom. The highest BCUT2D eigenvalue weighted by Crippen LogP contribution is 2.40. The number of carboxylic acid groups (broad SMARTS) is 2. The first-order valence-corrected chi connectivity index (χ1v) is 5.78. The molecule has 1 rings (SSSR count). The molecule has 100 valence electrons. The fraction of sp³-hybridized carbons (Fsp3) is 0.538. The molecule has 18 heavy (non-hydrogen) atoms. The largest absolute Gasteiger partial charge is 0.481 e. The quantitative estimate of drug-likeness (QED) is 0.705. The van der Waals surface area contributed by atoms with E-state index in [1.54, 1.807) is 20.1 Å². The van der Waals surface area contributed by atoms with E-state index < -0.39 is 23.3 Å². The van der Waals surface area contributed by atoms with Crippen LogP contribution in [-0.2, 0) is 14.3 Å². The van der Waals surface area contributed by atoms with Gasteiger partial charge in [-0.1, -0.05) is 18.2 Å². The number of methoxy groups -OCH3 is 1. The van der Waals surface area contributed by atoms with Crippen molar-refractivity contribution in [2.75, 3.05) is 13.7 Å². The van der Waals surface area contributed by atoms with Gasteiger partial charge in [0, 0.05) is 25.2 Å². The molecule has 1 aliphatic carbocycles. The van der Waals surface area contributed by atoms with Crippen LogP contribution in [0, 0.1) is 11.3 Å². The zero-order chi connectivity index (χ0) is 13.8. The van der Waals surface area contributed by atoms with E-state index in [-0.39, 0.29) is 5.57 Å². The highest BCUT2D eigenvalue weighted by atomic mass is 16.5. The van der Waals surface area contributed by atoms with E-state index in [1.807, 2.05) is 0 Å². The molecule has 0 aliphatic heterocycles. The molecule has 0 aromatic carbocycles. The van der Waals surface area contributed by atoms with Crippen LogP contribution in [0.3, 0.4) is 0 Å². The van der Waals surface area contributed by atoms with Gasteiger partial charge in [-0.25, -0.2) is 4.79 Å². The first-order valence-electron chi connectivity index (χ1n) is 5.78. The van der Waals surface area contributed by atoms with Gasteiger partial charge < -0.3 is 14.9 Å². The van der Waals surface area contributed by atoms with Gasteiger partial charge >= 0.3 is 11.9 Å². The topological polar surface area (TPSA) is 83.8 Å². The summed E-state index contributed by atoms with van der Waals surface area (Å²) in [4.78, 5) is 22.6. The summed E-state index contributed by atoms with van der Waals surface area (Å²) in [5.41, 5.74) is -1.02. The van der Waals surface area contributed by atoms with E-state index in [0.717, 1.165) is 0 Å². The molecule has 1 aliphatic rings. The second kappa shape index (κ2) is 5.82. The maximum Gasteiger partial charge on any atom is 0.331 e. The molecule has 0 spiro atoms. The monoisotopic (exact) mass is 254 g/mol. The van der Waals surface area contributed by atoms with Crippen LogP contribution in [0.4, 0.5) is 0 Å². The van der Waals surface area contributed by atoms with Crippen LogP contribution in [0.15, 0.2) is 23.8 Å². The lowest BCUT2D eigenvalue weighted by Crippen LogP contribution is -2.38. The summed E-state index contributed by atoms with van der Waals surface area (Å²) in [6.45, 7) is 2.04. The van der Waals surface area contributed by atoms with E-state index in [0.29, 0.717) is 19.4 Å². The van der Waals surface area contributed by atoms with Crippen molar-refractivity contribution >= 4 is 11.9 Å². The predicted octanol–water partition coefficient (Wildman–Crippen LogP) is 1.70. The molecule has 0 radical (unpaired) electrons. The molecule has 0 amide bonds. The van der Waals surface area contributed by atoms with Crippen molar-refractivity contribution in [1.82, 2.24) is 0 Å². The summed E-state index contributed by atoms with van der Waals surface area (Å²) >= 11 is 0. The maximum atomic E-state index is 11.4.